The number of carbonyl (C=O) groups is 8. The number of sulfonamides is 1. The van der Waals surface area contributed by atoms with Crippen LogP contribution >= 0.6 is 11.6 Å². The van der Waals surface area contributed by atoms with Crippen molar-refractivity contribution in [3.05, 3.63) is 73.1 Å². The molecule has 0 aliphatic carbocycles. The predicted molar refractivity (Wildman–Crippen MR) is 390 cm³/mol. The van der Waals surface area contributed by atoms with Gasteiger partial charge in [0, 0.05) is 74.4 Å². The summed E-state index contributed by atoms with van der Waals surface area (Å²) in [5.74, 6) is 2.87. The van der Waals surface area contributed by atoms with Crippen LogP contribution < -0.4 is 10.0 Å². The largest absolute Gasteiger partial charge is 0.348 e. The van der Waals surface area contributed by atoms with E-state index in [0.717, 1.165) is 22.9 Å². The Hall–Kier alpha value is -5.31. The van der Waals surface area contributed by atoms with Gasteiger partial charge >= 0.3 is 0 Å². The molecule has 0 heterocycles. The van der Waals surface area contributed by atoms with Gasteiger partial charge in [0.1, 0.15) is 29.8 Å². The number of allylic oxidation sites excluding steroid dienone is 4. The molecule has 20 heteroatoms. The van der Waals surface area contributed by atoms with Crippen LogP contribution in [0.2, 0.25) is 0 Å². The van der Waals surface area contributed by atoms with Crippen LogP contribution in [0.15, 0.2) is 73.1 Å². The quantitative estimate of drug-likeness (QED) is 0.0425. The molecule has 0 aliphatic rings. The Kier molecular flexibility index (Phi) is 69.0. The van der Waals surface area contributed by atoms with Crippen molar-refractivity contribution in [1.29, 1.82) is 5.26 Å². The SMILES string of the molecule is C#CC(C)(C)C.C=CC(=O)C(C)C.C=CC(C)(C)C.C=CS(=O)(=O)C(C)C.C=CS(=O)(=O)NC(C)(C)C.CC(=O)CC(=O)C(C)(C)C.CC(C)=CC(=O)C(C)(C)C.CC(C)C(=O)CC#N.CC(C)C(=O)CCl.CC(C)C(=O)CF.CN(C)C/C=C/C(=O)NC(C)(C)C. The summed E-state index contributed by atoms with van der Waals surface area (Å²) in [5.41, 5.74) is 0.273. The van der Waals surface area contributed by atoms with Gasteiger partial charge in [0.2, 0.25) is 15.9 Å². The van der Waals surface area contributed by atoms with Crippen LogP contribution in [-0.2, 0) is 58.2 Å². The highest BCUT2D eigenvalue weighted by atomic mass is 35.5. The third-order valence-electron chi connectivity index (χ3n) is 9.46. The second kappa shape index (κ2) is 57.2. The molecule has 0 unspecified atom stereocenters. The van der Waals surface area contributed by atoms with Gasteiger partial charge in [-0.2, -0.15) is 5.26 Å². The van der Waals surface area contributed by atoms with Crippen LogP contribution in [0, 0.1) is 69.0 Å². The number of sulfone groups is 1. The number of amides is 1. The van der Waals surface area contributed by atoms with Crippen molar-refractivity contribution in [2.45, 2.75) is 244 Å². The standard InChI is InChI=1S/C10H20N2O.C9H16O.C8H14O2.C6H13NO2S.C6H9NO.C6H10O.C6H12.C6H10.C5H9ClO.C5H9FO.C5H10O2S/c1-10(2,3)11-9(13)7-6-8-12(4)5;1-7(2)6-8(10)9(3,4)5;1-6(9)5-7(10)8(2,3)4;1-5-10(8,9)7-6(2,3)4;1-5(2)6(8)3-4-7;1-4-6(7)5(2)3;2*1-5-6(2,3)4;2*1-4(2)5(7)3-6;1-4-8(6,7)5(2)3/h6-7H,8H2,1-5H3,(H,11,13);6H,1-5H3;5H2,1-4H3;5,7H,1H2,2-4H3;5H,3H2,1-2H3;4-5H,1H2,2-3H3;5H,1H2,2-4H3;1H,2-4H3;2*4H,3H2,1-2H3;4-5H,1H2,2-3H3/b7-6+;;;;;;;;;;. The number of Topliss-reactive ketones (excluding diaryl/α,β-unsaturated/α-hetero) is 5. The molecule has 0 spiro atoms. The first-order valence-corrected chi connectivity index (χ1v) is 34.0. The van der Waals surface area contributed by atoms with Crippen LogP contribution in [-0.4, -0.2) is 118 Å². The molecular weight excluding hydrogens is 1230 g/mol. The molecule has 538 valence electrons. The van der Waals surface area contributed by atoms with E-state index in [0.29, 0.717) is 5.41 Å². The van der Waals surface area contributed by atoms with Crippen molar-refractivity contribution in [2.24, 2.45) is 45.3 Å². The Morgan fingerprint density at radius 2 is 1.01 bits per heavy atom. The number of nitriles is 1. The van der Waals surface area contributed by atoms with Crippen LogP contribution in [0.1, 0.15) is 227 Å². The molecule has 0 radical (unpaired) electrons. The normalized spacial score (nSPS) is 10.9. The fourth-order valence-electron chi connectivity index (χ4n) is 3.24. The van der Waals surface area contributed by atoms with E-state index in [-0.39, 0.29) is 116 Å². The molecule has 0 rings (SSSR count). The summed E-state index contributed by atoms with van der Waals surface area (Å²) in [5, 5.41) is 12.4. The van der Waals surface area contributed by atoms with Crippen molar-refractivity contribution in [2.75, 3.05) is 33.2 Å². The van der Waals surface area contributed by atoms with Gasteiger partial charge in [-0.25, -0.2) is 25.9 Å². The lowest BCUT2D eigenvalue weighted by molar-refractivity contribution is -0.131. The molecule has 0 aromatic heterocycles. The third kappa shape index (κ3) is 106. The number of hydrogen-bond acceptors (Lipinski definition) is 14. The van der Waals surface area contributed by atoms with Crippen molar-refractivity contribution >= 4 is 77.9 Å². The number of likely N-dealkylation sites (N-methyl/N-ethyl adjacent to an activating group) is 1. The lowest BCUT2D eigenvalue weighted by Gasteiger charge is -2.19. The number of rotatable bonds is 18. The van der Waals surface area contributed by atoms with Gasteiger partial charge < -0.3 is 10.2 Å². The summed E-state index contributed by atoms with van der Waals surface area (Å²) in [4.78, 5) is 87.4. The molecular formula is C72H132ClFN4O12S2. The van der Waals surface area contributed by atoms with Gasteiger partial charge in [0.15, 0.2) is 27.2 Å². The van der Waals surface area contributed by atoms with Gasteiger partial charge in [-0.3, -0.25) is 38.4 Å². The molecule has 1 amide bonds. The zero-order chi connectivity index (χ0) is 77.0. The highest BCUT2D eigenvalue weighted by Gasteiger charge is 2.22. The fourth-order valence-corrected chi connectivity index (χ4v) is 4.87. The number of nitrogens with one attached hydrogen (secondary N) is 2. The van der Waals surface area contributed by atoms with E-state index in [2.05, 4.69) is 63.0 Å². The molecule has 92 heavy (non-hydrogen) atoms. The Labute approximate surface area is 568 Å². The van der Waals surface area contributed by atoms with Gasteiger partial charge in [-0.05, 0) is 129 Å². The Balaban J connectivity index is -0.0000000878. The topological polar surface area (TPSA) is 256 Å². The third-order valence-corrected chi connectivity index (χ3v) is 12.8. The van der Waals surface area contributed by atoms with Gasteiger partial charge in [0.05, 0.1) is 30.0 Å². The summed E-state index contributed by atoms with van der Waals surface area (Å²) < 4.78 is 56.4. The highest BCUT2D eigenvalue weighted by Crippen LogP contribution is 2.17. The van der Waals surface area contributed by atoms with E-state index in [1.54, 1.807) is 80.5 Å². The summed E-state index contributed by atoms with van der Waals surface area (Å²) in [6, 6.07) is 1.80. The molecule has 0 bridgehead atoms. The minimum atomic E-state index is -3.26. The van der Waals surface area contributed by atoms with Crippen molar-refractivity contribution in [3.63, 3.8) is 0 Å². The highest BCUT2D eigenvalue weighted by molar-refractivity contribution is 7.94. The minimum Gasteiger partial charge on any atom is -0.348 e. The molecule has 16 nitrogen and oxygen atoms in total. The smallest absolute Gasteiger partial charge is 0.244 e. The Bertz CT molecular complexity index is 2510. The van der Waals surface area contributed by atoms with E-state index in [1.165, 1.54) is 13.0 Å². The minimum absolute atomic E-state index is 0.00894. The average molecular weight is 1360 g/mol. The molecule has 0 fully saturated rings. The summed E-state index contributed by atoms with van der Waals surface area (Å²) >= 11 is 5.20. The first kappa shape index (κ1) is 111. The summed E-state index contributed by atoms with van der Waals surface area (Å²) in [7, 11) is -2.31. The fraction of sp³-hybridized carbons (Fsp3) is 0.681. The summed E-state index contributed by atoms with van der Waals surface area (Å²) in [6.07, 6.45) is 13.6. The monoisotopic (exact) mass is 1360 g/mol. The maximum atomic E-state index is 11.3. The molecule has 0 aromatic rings. The first-order chi connectivity index (χ1) is 40.6. The van der Waals surface area contributed by atoms with Crippen molar-refractivity contribution in [1.82, 2.24) is 14.9 Å². The Morgan fingerprint density at radius 1 is 0.630 bits per heavy atom. The van der Waals surface area contributed by atoms with Crippen molar-refractivity contribution < 1.29 is 59.6 Å². The number of halogens is 2. The second-order valence-electron chi connectivity index (χ2n) is 28.9. The maximum absolute atomic E-state index is 11.3. The molecule has 0 aromatic carbocycles. The number of ketones is 7. The Morgan fingerprint density at radius 3 is 1.11 bits per heavy atom. The van der Waals surface area contributed by atoms with Crippen LogP contribution in [0.3, 0.4) is 0 Å². The number of terminal acetylenes is 1. The van der Waals surface area contributed by atoms with E-state index >= 15 is 0 Å². The van der Waals surface area contributed by atoms with E-state index < -0.39 is 32.1 Å². The average Bonchev–Trinajstić information content (AvgIpc) is 1.48. The number of carbonyl (C=O) groups excluding carboxylic acids is 8. The predicted octanol–water partition coefficient (Wildman–Crippen LogP) is 16.0. The van der Waals surface area contributed by atoms with Crippen LogP contribution in [0.4, 0.5) is 4.39 Å². The van der Waals surface area contributed by atoms with Crippen molar-refractivity contribution in [3.8, 4) is 18.4 Å². The molecule has 0 aliphatic heterocycles. The van der Waals surface area contributed by atoms with Gasteiger partial charge in [-0.1, -0.05) is 155 Å². The van der Waals surface area contributed by atoms with E-state index in [9.17, 15) is 59.6 Å². The number of nitrogens with zero attached hydrogens (tertiary/aromatic N) is 2. The first-order valence-electron chi connectivity index (χ1n) is 30.3. The van der Waals surface area contributed by atoms with Gasteiger partial charge in [0.25, 0.3) is 0 Å². The second-order valence-corrected chi connectivity index (χ2v) is 33.2. The maximum Gasteiger partial charge on any atom is 0.244 e. The number of hydrogen-bond donors (Lipinski definition) is 2. The molecule has 0 saturated carbocycles. The molecule has 0 saturated heterocycles. The van der Waals surface area contributed by atoms with Crippen LogP contribution in [0.5, 0.6) is 0 Å². The lowest BCUT2D eigenvalue weighted by Crippen LogP contribution is -2.39. The number of alkyl halides is 2. The molecule has 2 N–H and O–H groups in total. The van der Waals surface area contributed by atoms with Crippen LogP contribution in [0.25, 0.3) is 0 Å². The van der Waals surface area contributed by atoms with E-state index in [1.807, 2.05) is 156 Å². The zero-order valence-electron chi connectivity index (χ0n) is 63.7. The van der Waals surface area contributed by atoms with Gasteiger partial charge in [-0.15, -0.1) is 30.5 Å². The summed E-state index contributed by atoms with van der Waals surface area (Å²) in [6.45, 7) is 71.0. The van der Waals surface area contributed by atoms with E-state index in [4.69, 9.17) is 23.3 Å². The zero-order valence-corrected chi connectivity index (χ0v) is 66.1. The molecule has 0 atom stereocenters. The lowest BCUT2D eigenvalue weighted by atomic mass is 9.88.